The fourth-order valence-electron chi connectivity index (χ4n) is 2.52. The molecule has 0 heterocycles. The zero-order chi connectivity index (χ0) is 24.0. The van der Waals surface area contributed by atoms with Crippen LogP contribution in [0.25, 0.3) is 0 Å². The van der Waals surface area contributed by atoms with Crippen molar-refractivity contribution in [1.29, 1.82) is 0 Å². The number of nitrogens with one attached hydrogen (secondary N) is 1. The molecule has 0 spiro atoms. The second kappa shape index (κ2) is 10.7. The van der Waals surface area contributed by atoms with E-state index in [2.05, 4.69) is 39.2 Å². The van der Waals surface area contributed by atoms with Gasteiger partial charge >= 0.3 is 6.09 Å². The highest BCUT2D eigenvalue weighted by molar-refractivity contribution is 6.74. The Morgan fingerprint density at radius 2 is 1.65 bits per heavy atom. The van der Waals surface area contributed by atoms with Crippen molar-refractivity contribution in [1.82, 2.24) is 5.32 Å². The number of rotatable bonds is 9. The fraction of sp³-hybridized carbons (Fsp3) is 0.682. The Hall–Kier alpha value is -1.71. The summed E-state index contributed by atoms with van der Waals surface area (Å²) in [6.45, 7) is 15.3. The quantitative estimate of drug-likeness (QED) is 0.506. The van der Waals surface area contributed by atoms with E-state index >= 15 is 0 Å². The van der Waals surface area contributed by atoms with Crippen LogP contribution >= 0.6 is 0 Å². The first-order valence-corrected chi connectivity index (χ1v) is 13.3. The molecule has 1 rings (SSSR count). The predicted molar refractivity (Wildman–Crippen MR) is 119 cm³/mol. The summed E-state index contributed by atoms with van der Waals surface area (Å²) in [5.41, 5.74) is -0.714. The molecule has 1 aromatic rings. The van der Waals surface area contributed by atoms with E-state index in [1.165, 1.54) is 0 Å². The Kier molecular flexibility index (Phi) is 9.46. The summed E-state index contributed by atoms with van der Waals surface area (Å²) in [6.07, 6.45) is -1.02. The molecule has 1 aromatic carbocycles. The van der Waals surface area contributed by atoms with E-state index in [4.69, 9.17) is 13.9 Å². The smallest absolute Gasteiger partial charge is 0.408 e. The van der Waals surface area contributed by atoms with Gasteiger partial charge in [0.2, 0.25) is 0 Å². The summed E-state index contributed by atoms with van der Waals surface area (Å²) in [4.78, 5) is 12.4. The van der Waals surface area contributed by atoms with Crippen molar-refractivity contribution >= 4 is 14.4 Å². The molecule has 0 bridgehead atoms. The first-order valence-electron chi connectivity index (χ1n) is 10.4. The lowest BCUT2D eigenvalue weighted by Gasteiger charge is -2.41. The van der Waals surface area contributed by atoms with Gasteiger partial charge in [-0.05, 0) is 45.3 Å². The third kappa shape index (κ3) is 9.53. The Labute approximate surface area is 185 Å². The van der Waals surface area contributed by atoms with Gasteiger partial charge < -0.3 is 24.3 Å². The normalized spacial score (nSPS) is 14.7. The first-order chi connectivity index (χ1) is 14.0. The molecule has 0 aliphatic carbocycles. The number of aliphatic hydroxyl groups is 1. The molecule has 9 heteroatoms. The summed E-state index contributed by atoms with van der Waals surface area (Å²) < 4.78 is 44.4. The van der Waals surface area contributed by atoms with E-state index in [-0.39, 0.29) is 30.4 Å². The number of ether oxygens (including phenoxy) is 2. The van der Waals surface area contributed by atoms with Gasteiger partial charge in [0.15, 0.2) is 8.32 Å². The number of hydrogen-bond acceptors (Lipinski definition) is 5. The number of carbonyl (C=O) groups is 1. The van der Waals surface area contributed by atoms with Crippen LogP contribution in [0, 0.1) is 11.6 Å². The van der Waals surface area contributed by atoms with Crippen molar-refractivity contribution in [2.45, 2.75) is 83.8 Å². The Morgan fingerprint density at radius 3 is 2.10 bits per heavy atom. The van der Waals surface area contributed by atoms with Crippen LogP contribution in [0.4, 0.5) is 13.6 Å². The van der Waals surface area contributed by atoms with E-state index in [1.807, 2.05) is 0 Å². The minimum atomic E-state index is -2.27. The summed E-state index contributed by atoms with van der Waals surface area (Å²) in [5.74, 6) is -1.55. The van der Waals surface area contributed by atoms with Crippen molar-refractivity contribution in [3.63, 3.8) is 0 Å². The molecule has 178 valence electrons. The van der Waals surface area contributed by atoms with Crippen LogP contribution < -0.4 is 10.1 Å². The maximum atomic E-state index is 13.5. The van der Waals surface area contributed by atoms with Crippen LogP contribution in [-0.4, -0.2) is 50.5 Å². The van der Waals surface area contributed by atoms with Crippen molar-refractivity contribution in [3.8, 4) is 5.75 Å². The van der Waals surface area contributed by atoms with Gasteiger partial charge in [0, 0.05) is 24.8 Å². The summed E-state index contributed by atoms with van der Waals surface area (Å²) >= 11 is 0. The molecule has 2 atom stereocenters. The lowest BCUT2D eigenvalue weighted by molar-refractivity contribution is 0.0347. The summed E-state index contributed by atoms with van der Waals surface area (Å²) in [6, 6.07) is 2.15. The highest BCUT2D eigenvalue weighted by atomic mass is 28.4. The topological polar surface area (TPSA) is 77.0 Å². The molecule has 2 N–H and O–H groups in total. The second-order valence-electron chi connectivity index (χ2n) is 10.1. The van der Waals surface area contributed by atoms with Gasteiger partial charge in [-0.15, -0.1) is 0 Å². The third-order valence-electron chi connectivity index (χ3n) is 5.08. The lowest BCUT2D eigenvalue weighted by atomic mass is 10.1. The number of aliphatic hydroxyl groups excluding tert-OH is 1. The highest BCUT2D eigenvalue weighted by Gasteiger charge is 2.41. The van der Waals surface area contributed by atoms with E-state index in [0.717, 1.165) is 18.2 Å². The van der Waals surface area contributed by atoms with Crippen molar-refractivity contribution < 1.29 is 32.6 Å². The van der Waals surface area contributed by atoms with Crippen molar-refractivity contribution in [3.05, 3.63) is 29.8 Å². The van der Waals surface area contributed by atoms with Gasteiger partial charge in [0.25, 0.3) is 0 Å². The van der Waals surface area contributed by atoms with Crippen LogP contribution in [0.1, 0.15) is 48.0 Å². The maximum Gasteiger partial charge on any atom is 0.408 e. The zero-order valence-corrected chi connectivity index (χ0v) is 20.8. The van der Waals surface area contributed by atoms with Gasteiger partial charge in [0.05, 0.1) is 12.1 Å². The van der Waals surface area contributed by atoms with Gasteiger partial charge in [-0.25, -0.2) is 13.6 Å². The molecule has 0 aromatic heterocycles. The largest absolute Gasteiger partial charge is 0.491 e. The number of halogens is 2. The summed E-state index contributed by atoms with van der Waals surface area (Å²) in [5, 5.41) is 12.3. The maximum absolute atomic E-state index is 13.5. The molecule has 0 radical (unpaired) electrons. The molecule has 0 saturated carbocycles. The van der Waals surface area contributed by atoms with Crippen LogP contribution in [0.2, 0.25) is 18.1 Å². The van der Waals surface area contributed by atoms with Crippen LogP contribution in [0.5, 0.6) is 5.75 Å². The number of benzene rings is 1. The van der Waals surface area contributed by atoms with Crippen molar-refractivity contribution in [2.24, 2.45) is 0 Å². The molecule has 31 heavy (non-hydrogen) atoms. The van der Waals surface area contributed by atoms with E-state index in [0.29, 0.717) is 0 Å². The van der Waals surface area contributed by atoms with Gasteiger partial charge in [-0.2, -0.15) is 0 Å². The first kappa shape index (κ1) is 27.3. The number of alkyl carbamates (subject to hydrolysis) is 1. The van der Waals surface area contributed by atoms with E-state index in [1.54, 1.807) is 20.8 Å². The average molecular weight is 462 g/mol. The van der Waals surface area contributed by atoms with E-state index in [9.17, 15) is 18.7 Å². The minimum absolute atomic E-state index is 0.0106. The summed E-state index contributed by atoms with van der Waals surface area (Å²) in [7, 11) is -2.27. The van der Waals surface area contributed by atoms with Crippen LogP contribution in [0.15, 0.2) is 18.2 Å². The second-order valence-corrected chi connectivity index (χ2v) is 14.9. The fourth-order valence-corrected chi connectivity index (χ4v) is 3.92. The van der Waals surface area contributed by atoms with Gasteiger partial charge in [0.1, 0.15) is 29.6 Å². The Balaban J connectivity index is 3.12. The Bertz CT molecular complexity index is 711. The monoisotopic (exact) mass is 461 g/mol. The van der Waals surface area contributed by atoms with Crippen molar-refractivity contribution in [2.75, 3.05) is 13.2 Å². The molecule has 0 aliphatic rings. The predicted octanol–water partition coefficient (Wildman–Crippen LogP) is 5.01. The minimum Gasteiger partial charge on any atom is -0.491 e. The molecular weight excluding hydrogens is 424 g/mol. The standard InChI is InChI=1S/C22H37F2NO5Si/c1-21(2,3)29-20(27)25-18(14-28-17-12-15(23)11-16(24)13-17)19(9-10-26)30-31(7,8)22(4,5)6/h11-13,18-19,26H,9-10,14H2,1-8H3,(H,25,27). The lowest BCUT2D eigenvalue weighted by Crippen LogP contribution is -2.54. The average Bonchev–Trinajstić information content (AvgIpc) is 2.54. The SMILES string of the molecule is CC(C)(C)OC(=O)NC(COc1cc(F)cc(F)c1)C(CCO)O[Si](C)(C)C(C)(C)C. The number of hydrogen-bond donors (Lipinski definition) is 2. The zero-order valence-electron chi connectivity index (χ0n) is 19.8. The number of amides is 1. The third-order valence-corrected chi connectivity index (χ3v) is 9.59. The molecule has 1 amide bonds. The van der Waals surface area contributed by atoms with Gasteiger partial charge in [-0.1, -0.05) is 20.8 Å². The van der Waals surface area contributed by atoms with Crippen LogP contribution in [0.3, 0.4) is 0 Å². The molecular formula is C22H37F2NO5Si. The highest BCUT2D eigenvalue weighted by Crippen LogP contribution is 2.38. The Morgan fingerprint density at radius 1 is 1.10 bits per heavy atom. The van der Waals surface area contributed by atoms with E-state index < -0.39 is 43.8 Å². The molecule has 0 fully saturated rings. The molecule has 0 aliphatic heterocycles. The molecule has 2 unspecified atom stereocenters. The molecule has 6 nitrogen and oxygen atoms in total. The van der Waals surface area contributed by atoms with Crippen LogP contribution in [-0.2, 0) is 9.16 Å². The molecule has 0 saturated heterocycles. The van der Waals surface area contributed by atoms with Gasteiger partial charge in [-0.3, -0.25) is 0 Å². The number of carbonyl (C=O) groups excluding carboxylic acids is 1.